The Kier molecular flexibility index (Phi) is 4.46. The number of rotatable bonds is 5. The molecule has 27 heavy (non-hydrogen) atoms. The molecule has 0 spiro atoms. The summed E-state index contributed by atoms with van der Waals surface area (Å²) in [7, 11) is -3.49. The van der Waals surface area contributed by atoms with Gasteiger partial charge in [0.05, 0.1) is 23.6 Å². The van der Waals surface area contributed by atoms with Gasteiger partial charge in [0.25, 0.3) is 5.91 Å². The van der Waals surface area contributed by atoms with Gasteiger partial charge in [-0.2, -0.15) is 9.40 Å². The Bertz CT molecular complexity index is 1060. The number of nitrogens with one attached hydrogen (secondary N) is 2. The van der Waals surface area contributed by atoms with Gasteiger partial charge in [0, 0.05) is 24.5 Å². The number of anilines is 1. The average molecular weight is 383 g/mol. The lowest BCUT2D eigenvalue weighted by Gasteiger charge is -2.16. The zero-order chi connectivity index (χ0) is 18.9. The van der Waals surface area contributed by atoms with Crippen LogP contribution in [0.25, 0.3) is 0 Å². The van der Waals surface area contributed by atoms with Gasteiger partial charge in [-0.25, -0.2) is 8.42 Å². The average Bonchev–Trinajstić information content (AvgIpc) is 3.25. The first-order chi connectivity index (χ1) is 13.0. The van der Waals surface area contributed by atoms with Gasteiger partial charge in [0.2, 0.25) is 10.0 Å². The molecule has 1 aromatic carbocycles. The van der Waals surface area contributed by atoms with Crippen molar-refractivity contribution in [3.8, 4) is 0 Å². The van der Waals surface area contributed by atoms with E-state index in [4.69, 9.17) is 0 Å². The Morgan fingerprint density at radius 2 is 1.96 bits per heavy atom. The highest BCUT2D eigenvalue weighted by molar-refractivity contribution is 7.88. The summed E-state index contributed by atoms with van der Waals surface area (Å²) in [5.41, 5.74) is 2.44. The van der Waals surface area contributed by atoms with Crippen LogP contribution in [0.1, 0.15) is 27.2 Å². The number of nitrogens with zero attached hydrogens (tertiary/aromatic N) is 3. The second kappa shape index (κ2) is 6.93. The zero-order valence-corrected chi connectivity index (χ0v) is 15.1. The van der Waals surface area contributed by atoms with Crippen LogP contribution >= 0.6 is 0 Å². The molecule has 2 N–H and O–H groups in total. The van der Waals surface area contributed by atoms with Crippen LogP contribution in [0.15, 0.2) is 54.9 Å². The van der Waals surface area contributed by atoms with Crippen molar-refractivity contribution >= 4 is 21.7 Å². The van der Waals surface area contributed by atoms with E-state index >= 15 is 0 Å². The van der Waals surface area contributed by atoms with Crippen molar-refractivity contribution in [1.29, 1.82) is 0 Å². The molecule has 138 valence electrons. The number of hydrogen-bond donors (Lipinski definition) is 2. The molecule has 9 heteroatoms. The van der Waals surface area contributed by atoms with Crippen molar-refractivity contribution in [3.63, 3.8) is 0 Å². The highest BCUT2D eigenvalue weighted by atomic mass is 32.2. The largest absolute Gasteiger partial charge is 0.307 e. The number of fused-ring (bicyclic) bond motifs is 1. The molecule has 0 bridgehead atoms. The molecule has 0 atom stereocenters. The summed E-state index contributed by atoms with van der Waals surface area (Å²) in [4.78, 5) is 16.2. The summed E-state index contributed by atoms with van der Waals surface area (Å²) in [5.74, 6) is 0.00977. The minimum absolute atomic E-state index is 0.0702. The fourth-order valence-electron chi connectivity index (χ4n) is 2.96. The van der Waals surface area contributed by atoms with Crippen LogP contribution in [-0.2, 0) is 28.9 Å². The van der Waals surface area contributed by atoms with Crippen LogP contribution in [0, 0.1) is 0 Å². The fourth-order valence-corrected chi connectivity index (χ4v) is 4.40. The first kappa shape index (κ1) is 17.4. The summed E-state index contributed by atoms with van der Waals surface area (Å²) >= 11 is 0. The van der Waals surface area contributed by atoms with Gasteiger partial charge in [0.1, 0.15) is 5.82 Å². The number of hydrogen-bond acceptors (Lipinski definition) is 5. The molecule has 0 saturated carbocycles. The van der Waals surface area contributed by atoms with Crippen molar-refractivity contribution in [1.82, 2.24) is 19.5 Å². The van der Waals surface area contributed by atoms with Gasteiger partial charge >= 0.3 is 0 Å². The van der Waals surface area contributed by atoms with E-state index in [1.54, 1.807) is 30.5 Å². The number of carbonyl (C=O) groups is 1. The Labute approximate surface area is 156 Å². The van der Waals surface area contributed by atoms with E-state index in [1.807, 2.05) is 18.2 Å². The summed E-state index contributed by atoms with van der Waals surface area (Å²) in [6.07, 6.45) is 3.04. The summed E-state index contributed by atoms with van der Waals surface area (Å²) in [5, 5.41) is 9.67. The lowest BCUT2D eigenvalue weighted by atomic mass is 10.2. The molecule has 8 nitrogen and oxygen atoms in total. The SMILES string of the molecule is O=C(Nc1[nH]nc2c1CN(S(=O)(=O)Cc1ccccc1)C2)c1cccnc1. The third-order valence-corrected chi connectivity index (χ3v) is 6.10. The molecule has 0 saturated heterocycles. The maximum Gasteiger partial charge on any atom is 0.258 e. The van der Waals surface area contributed by atoms with E-state index in [9.17, 15) is 13.2 Å². The number of aromatic amines is 1. The van der Waals surface area contributed by atoms with Crippen LogP contribution < -0.4 is 5.32 Å². The van der Waals surface area contributed by atoms with E-state index in [-0.39, 0.29) is 24.7 Å². The lowest BCUT2D eigenvalue weighted by Crippen LogP contribution is -2.27. The van der Waals surface area contributed by atoms with Crippen LogP contribution in [0.3, 0.4) is 0 Å². The second-order valence-corrected chi connectivity index (χ2v) is 8.20. The smallest absolute Gasteiger partial charge is 0.258 e. The number of carbonyl (C=O) groups excluding carboxylic acids is 1. The van der Waals surface area contributed by atoms with E-state index < -0.39 is 10.0 Å². The molecule has 2 aromatic heterocycles. The van der Waals surface area contributed by atoms with Crippen molar-refractivity contribution in [2.45, 2.75) is 18.8 Å². The molecule has 0 aliphatic carbocycles. The molecule has 3 aromatic rings. The Morgan fingerprint density at radius 3 is 2.70 bits per heavy atom. The third kappa shape index (κ3) is 3.60. The number of amides is 1. The topological polar surface area (TPSA) is 108 Å². The van der Waals surface area contributed by atoms with Crippen molar-refractivity contribution in [3.05, 3.63) is 77.2 Å². The van der Waals surface area contributed by atoms with Gasteiger partial charge in [0.15, 0.2) is 0 Å². The maximum absolute atomic E-state index is 12.7. The van der Waals surface area contributed by atoms with Crippen molar-refractivity contribution in [2.75, 3.05) is 5.32 Å². The number of H-pyrrole nitrogens is 1. The Morgan fingerprint density at radius 1 is 1.15 bits per heavy atom. The molecular weight excluding hydrogens is 366 g/mol. The normalized spacial score (nSPS) is 14.1. The first-order valence-corrected chi connectivity index (χ1v) is 9.93. The number of sulfonamides is 1. The molecular formula is C18H17N5O3S. The Hall–Kier alpha value is -3.04. The third-order valence-electron chi connectivity index (χ3n) is 4.36. The van der Waals surface area contributed by atoms with Gasteiger partial charge in [-0.05, 0) is 17.7 Å². The van der Waals surface area contributed by atoms with E-state index in [2.05, 4.69) is 20.5 Å². The lowest BCUT2D eigenvalue weighted by molar-refractivity contribution is 0.102. The number of aromatic nitrogens is 3. The molecule has 3 heterocycles. The van der Waals surface area contributed by atoms with Gasteiger partial charge in [-0.15, -0.1) is 0 Å². The molecule has 1 aliphatic heterocycles. The predicted molar refractivity (Wildman–Crippen MR) is 99.1 cm³/mol. The van der Waals surface area contributed by atoms with Crippen LogP contribution in [0.2, 0.25) is 0 Å². The predicted octanol–water partition coefficient (Wildman–Crippen LogP) is 1.90. The van der Waals surface area contributed by atoms with Crippen molar-refractivity contribution in [2.24, 2.45) is 0 Å². The fraction of sp³-hybridized carbons (Fsp3) is 0.167. The van der Waals surface area contributed by atoms with E-state index in [0.29, 0.717) is 22.6 Å². The number of pyridine rings is 1. The maximum atomic E-state index is 12.7. The zero-order valence-electron chi connectivity index (χ0n) is 14.3. The molecule has 0 unspecified atom stereocenters. The first-order valence-electron chi connectivity index (χ1n) is 8.32. The second-order valence-electron chi connectivity index (χ2n) is 6.23. The Balaban J connectivity index is 1.49. The summed E-state index contributed by atoms with van der Waals surface area (Å²) < 4.78 is 26.8. The molecule has 1 aliphatic rings. The standard InChI is InChI=1S/C18H17N5O3S/c24-18(14-7-4-8-19-9-14)20-17-15-10-23(11-16(15)21-22-17)27(25,26)12-13-5-2-1-3-6-13/h1-9H,10-12H2,(H2,20,21,22,24). The number of benzene rings is 1. The van der Waals surface area contributed by atoms with E-state index in [0.717, 1.165) is 5.56 Å². The molecule has 0 radical (unpaired) electrons. The molecule has 1 amide bonds. The quantitative estimate of drug-likeness (QED) is 0.700. The highest BCUT2D eigenvalue weighted by Crippen LogP contribution is 2.30. The molecule has 4 rings (SSSR count). The van der Waals surface area contributed by atoms with Gasteiger partial charge < -0.3 is 5.32 Å². The van der Waals surface area contributed by atoms with Gasteiger partial charge in [-0.3, -0.25) is 14.9 Å². The summed E-state index contributed by atoms with van der Waals surface area (Å²) in [6, 6.07) is 12.4. The van der Waals surface area contributed by atoms with Gasteiger partial charge in [-0.1, -0.05) is 30.3 Å². The minimum atomic E-state index is -3.49. The minimum Gasteiger partial charge on any atom is -0.307 e. The van der Waals surface area contributed by atoms with Crippen LogP contribution in [0.4, 0.5) is 5.82 Å². The van der Waals surface area contributed by atoms with Crippen molar-refractivity contribution < 1.29 is 13.2 Å². The molecule has 0 fully saturated rings. The summed E-state index contributed by atoms with van der Waals surface area (Å²) in [6.45, 7) is 0.355. The highest BCUT2D eigenvalue weighted by Gasteiger charge is 2.33. The van der Waals surface area contributed by atoms with E-state index in [1.165, 1.54) is 10.5 Å². The van der Waals surface area contributed by atoms with Crippen LogP contribution in [-0.4, -0.2) is 33.8 Å². The monoisotopic (exact) mass is 383 g/mol. The van der Waals surface area contributed by atoms with Crippen LogP contribution in [0.5, 0.6) is 0 Å².